The van der Waals surface area contributed by atoms with Gasteiger partial charge in [0.25, 0.3) is 0 Å². The molecule has 3 nitrogen and oxygen atoms in total. The second-order valence-electron chi connectivity index (χ2n) is 6.19. The van der Waals surface area contributed by atoms with E-state index < -0.39 is 0 Å². The largest absolute Gasteiger partial charge is 0.379 e. The van der Waals surface area contributed by atoms with Crippen molar-refractivity contribution in [3.05, 3.63) is 35.4 Å². The molecular formula is C17H26N2O. The number of hydrogen-bond donors (Lipinski definition) is 1. The summed E-state index contributed by atoms with van der Waals surface area (Å²) < 4.78 is 5.49. The molecule has 1 aromatic carbocycles. The number of morpholine rings is 1. The monoisotopic (exact) mass is 274 g/mol. The van der Waals surface area contributed by atoms with Crippen LogP contribution in [0, 0.1) is 0 Å². The van der Waals surface area contributed by atoms with Gasteiger partial charge in [-0.05, 0) is 43.9 Å². The second kappa shape index (κ2) is 6.70. The molecule has 1 saturated heterocycles. The van der Waals surface area contributed by atoms with E-state index in [0.717, 1.165) is 45.3 Å². The van der Waals surface area contributed by atoms with Gasteiger partial charge in [0.2, 0.25) is 0 Å². The molecule has 1 saturated carbocycles. The highest BCUT2D eigenvalue weighted by Gasteiger charge is 2.20. The van der Waals surface area contributed by atoms with Crippen LogP contribution in [-0.4, -0.2) is 43.3 Å². The molecule has 1 unspecified atom stereocenters. The molecule has 0 radical (unpaired) electrons. The lowest BCUT2D eigenvalue weighted by Crippen LogP contribution is -2.42. The molecule has 3 rings (SSSR count). The van der Waals surface area contributed by atoms with Crippen LogP contribution in [-0.2, 0) is 17.7 Å². The van der Waals surface area contributed by atoms with Gasteiger partial charge < -0.3 is 10.1 Å². The molecule has 1 aromatic rings. The van der Waals surface area contributed by atoms with Crippen LogP contribution in [0.15, 0.2) is 24.3 Å². The maximum Gasteiger partial charge on any atom is 0.0619 e. The van der Waals surface area contributed by atoms with E-state index in [1.807, 2.05) is 0 Å². The van der Waals surface area contributed by atoms with Crippen LogP contribution in [0.3, 0.4) is 0 Å². The van der Waals surface area contributed by atoms with Gasteiger partial charge in [-0.25, -0.2) is 0 Å². The topological polar surface area (TPSA) is 24.5 Å². The summed E-state index contributed by atoms with van der Waals surface area (Å²) in [5.41, 5.74) is 2.86. The number of hydrogen-bond acceptors (Lipinski definition) is 3. The lowest BCUT2D eigenvalue weighted by molar-refractivity contribution is -0.00437. The molecule has 1 atom stereocenters. The van der Waals surface area contributed by atoms with Crippen LogP contribution in [0.2, 0.25) is 0 Å². The smallest absolute Gasteiger partial charge is 0.0619 e. The summed E-state index contributed by atoms with van der Waals surface area (Å²) in [5, 5.41) is 3.57. The summed E-state index contributed by atoms with van der Waals surface area (Å²) in [7, 11) is 0. The van der Waals surface area contributed by atoms with Crippen LogP contribution >= 0.6 is 0 Å². The van der Waals surface area contributed by atoms with E-state index in [-0.39, 0.29) is 0 Å². The zero-order valence-corrected chi connectivity index (χ0v) is 12.5. The Labute approximate surface area is 122 Å². The minimum Gasteiger partial charge on any atom is -0.379 e. The first-order chi connectivity index (χ1) is 9.81. The van der Waals surface area contributed by atoms with E-state index in [2.05, 4.69) is 41.4 Å². The maximum atomic E-state index is 5.49. The molecule has 0 aromatic heterocycles. The van der Waals surface area contributed by atoms with Gasteiger partial charge in [0.1, 0.15) is 0 Å². The second-order valence-corrected chi connectivity index (χ2v) is 6.19. The quantitative estimate of drug-likeness (QED) is 0.861. The average molecular weight is 274 g/mol. The molecule has 1 aliphatic carbocycles. The molecule has 1 aliphatic heterocycles. The molecule has 0 spiro atoms. The summed E-state index contributed by atoms with van der Waals surface area (Å²) in [6, 6.07) is 10.5. The zero-order chi connectivity index (χ0) is 13.8. The predicted molar refractivity (Wildman–Crippen MR) is 81.9 cm³/mol. The Morgan fingerprint density at radius 3 is 2.65 bits per heavy atom. The molecule has 110 valence electrons. The highest BCUT2D eigenvalue weighted by molar-refractivity contribution is 5.23. The third kappa shape index (κ3) is 4.05. The Bertz CT molecular complexity index is 414. The lowest BCUT2D eigenvalue weighted by atomic mass is 10.1. The summed E-state index contributed by atoms with van der Waals surface area (Å²) >= 11 is 0. The molecule has 0 amide bonds. The van der Waals surface area contributed by atoms with Crippen molar-refractivity contribution >= 4 is 0 Å². The first-order valence-electron chi connectivity index (χ1n) is 7.94. The van der Waals surface area contributed by atoms with Gasteiger partial charge in [0, 0.05) is 25.2 Å². The Hall–Kier alpha value is -0.900. The van der Waals surface area contributed by atoms with Crippen molar-refractivity contribution in [3.63, 3.8) is 0 Å². The van der Waals surface area contributed by atoms with Crippen molar-refractivity contribution < 1.29 is 4.74 Å². The number of ether oxygens (including phenoxy) is 1. The van der Waals surface area contributed by atoms with Gasteiger partial charge in [0.15, 0.2) is 0 Å². The van der Waals surface area contributed by atoms with Crippen LogP contribution in [0.4, 0.5) is 0 Å². The summed E-state index contributed by atoms with van der Waals surface area (Å²) in [6.07, 6.45) is 3.89. The molecule has 2 fully saturated rings. The van der Waals surface area contributed by atoms with Crippen molar-refractivity contribution in [2.75, 3.05) is 26.3 Å². The van der Waals surface area contributed by atoms with E-state index in [9.17, 15) is 0 Å². The van der Waals surface area contributed by atoms with Gasteiger partial charge in [-0.15, -0.1) is 0 Å². The maximum absolute atomic E-state index is 5.49. The fourth-order valence-corrected chi connectivity index (χ4v) is 2.75. The van der Waals surface area contributed by atoms with Crippen LogP contribution in [0.5, 0.6) is 0 Å². The first kappa shape index (κ1) is 14.1. The minimum absolute atomic E-state index is 0.533. The molecule has 1 heterocycles. The Kier molecular flexibility index (Phi) is 4.71. The van der Waals surface area contributed by atoms with Gasteiger partial charge in [-0.2, -0.15) is 0 Å². The zero-order valence-electron chi connectivity index (χ0n) is 12.5. The van der Waals surface area contributed by atoms with Gasteiger partial charge in [-0.3, -0.25) is 4.90 Å². The highest BCUT2D eigenvalue weighted by Crippen LogP contribution is 2.18. The Morgan fingerprint density at radius 1 is 1.20 bits per heavy atom. The molecule has 20 heavy (non-hydrogen) atoms. The normalized spacial score (nSPS) is 23.9. The van der Waals surface area contributed by atoms with Crippen molar-refractivity contribution in [2.45, 2.75) is 44.8 Å². The highest BCUT2D eigenvalue weighted by atomic mass is 16.5. The number of rotatable bonds is 6. The van der Waals surface area contributed by atoms with Gasteiger partial charge in [-0.1, -0.05) is 24.3 Å². The number of nitrogens with zero attached hydrogens (tertiary/aromatic N) is 1. The van der Waals surface area contributed by atoms with E-state index in [4.69, 9.17) is 4.74 Å². The first-order valence-corrected chi connectivity index (χ1v) is 7.94. The van der Waals surface area contributed by atoms with E-state index in [1.165, 1.54) is 24.0 Å². The third-order valence-corrected chi connectivity index (χ3v) is 4.34. The molecule has 0 bridgehead atoms. The SMILES string of the molecule is CC1COCCN1Cc1ccc(CCNC2CC2)cc1. The summed E-state index contributed by atoms with van der Waals surface area (Å²) in [5.74, 6) is 0. The van der Waals surface area contributed by atoms with E-state index in [0.29, 0.717) is 6.04 Å². The number of benzene rings is 1. The Morgan fingerprint density at radius 2 is 1.95 bits per heavy atom. The summed E-state index contributed by atoms with van der Waals surface area (Å²) in [6.45, 7) is 7.20. The molecule has 3 heteroatoms. The number of nitrogens with one attached hydrogen (secondary N) is 1. The molecule has 1 N–H and O–H groups in total. The van der Waals surface area contributed by atoms with E-state index in [1.54, 1.807) is 0 Å². The van der Waals surface area contributed by atoms with Crippen molar-refractivity contribution in [2.24, 2.45) is 0 Å². The predicted octanol–water partition coefficient (Wildman–Crippen LogP) is 2.20. The van der Waals surface area contributed by atoms with Crippen molar-refractivity contribution in [1.29, 1.82) is 0 Å². The van der Waals surface area contributed by atoms with Crippen LogP contribution in [0.25, 0.3) is 0 Å². The summed E-state index contributed by atoms with van der Waals surface area (Å²) in [4.78, 5) is 2.51. The minimum atomic E-state index is 0.533. The van der Waals surface area contributed by atoms with Crippen LogP contribution in [0.1, 0.15) is 30.9 Å². The van der Waals surface area contributed by atoms with Gasteiger partial charge in [0.05, 0.1) is 13.2 Å². The molecule has 2 aliphatic rings. The lowest BCUT2D eigenvalue weighted by Gasteiger charge is -2.33. The van der Waals surface area contributed by atoms with Crippen LogP contribution < -0.4 is 5.32 Å². The van der Waals surface area contributed by atoms with Crippen molar-refractivity contribution in [3.8, 4) is 0 Å². The Balaban J connectivity index is 1.47. The third-order valence-electron chi connectivity index (χ3n) is 4.34. The average Bonchev–Trinajstić information content (AvgIpc) is 3.28. The molecular weight excluding hydrogens is 248 g/mol. The standard InChI is InChI=1S/C17H26N2O/c1-14-13-20-11-10-19(14)12-16-4-2-15(3-5-16)8-9-18-17-6-7-17/h2-5,14,17-18H,6-13H2,1H3. The van der Waals surface area contributed by atoms with Gasteiger partial charge >= 0.3 is 0 Å². The fourth-order valence-electron chi connectivity index (χ4n) is 2.75. The van der Waals surface area contributed by atoms with Crippen molar-refractivity contribution in [1.82, 2.24) is 10.2 Å². The fraction of sp³-hybridized carbons (Fsp3) is 0.647. The van der Waals surface area contributed by atoms with E-state index >= 15 is 0 Å².